The molecule has 0 saturated heterocycles. The highest BCUT2D eigenvalue weighted by Crippen LogP contribution is 2.68. The summed E-state index contributed by atoms with van der Waals surface area (Å²) in [4.78, 5) is 29.0. The highest BCUT2D eigenvalue weighted by atomic mass is 32.1. The standard InChI is InChI=1S/C34H47NO4S/c1-20(10-13-31-35-28-8-6-7-9-30(28)40-31)25-11-12-26-32-27(15-17-34(25,26)5)33(4)16-14-24(38-21(2)36)18-23(33)19-29(32)39-22(3)37/h6-9,20,23-27,29,32H,10-19H2,1-5H3/t20-,23?,24-,25-,26+,27+,29-,32+,33+,34-/m1/s1. The largest absolute Gasteiger partial charge is 0.463 e. The summed E-state index contributed by atoms with van der Waals surface area (Å²) in [5.41, 5.74) is 1.66. The lowest BCUT2D eigenvalue weighted by Gasteiger charge is -2.62. The molecule has 0 spiro atoms. The van der Waals surface area contributed by atoms with Gasteiger partial charge in [-0.15, -0.1) is 11.3 Å². The summed E-state index contributed by atoms with van der Waals surface area (Å²) < 4.78 is 13.2. The first kappa shape index (κ1) is 28.2. The van der Waals surface area contributed by atoms with Crippen LogP contribution >= 0.6 is 11.3 Å². The zero-order valence-electron chi connectivity index (χ0n) is 25.0. The number of para-hydroxylation sites is 1. The van der Waals surface area contributed by atoms with Gasteiger partial charge in [-0.2, -0.15) is 0 Å². The van der Waals surface area contributed by atoms with Gasteiger partial charge in [0.05, 0.1) is 15.2 Å². The highest BCUT2D eigenvalue weighted by molar-refractivity contribution is 7.18. The van der Waals surface area contributed by atoms with Crippen LogP contribution in [0.3, 0.4) is 0 Å². The number of nitrogens with zero attached hydrogens (tertiary/aromatic N) is 1. The molecule has 4 saturated carbocycles. The smallest absolute Gasteiger partial charge is 0.302 e. The van der Waals surface area contributed by atoms with E-state index in [-0.39, 0.29) is 29.6 Å². The van der Waals surface area contributed by atoms with Gasteiger partial charge in [0.15, 0.2) is 0 Å². The number of benzene rings is 1. The van der Waals surface area contributed by atoms with E-state index in [1.165, 1.54) is 48.7 Å². The van der Waals surface area contributed by atoms with E-state index < -0.39 is 0 Å². The summed E-state index contributed by atoms with van der Waals surface area (Å²) in [6.45, 7) is 10.7. The predicted octanol–water partition coefficient (Wildman–Crippen LogP) is 8.00. The number of rotatable bonds is 6. The normalized spacial score (nSPS) is 39.6. The second kappa shape index (κ2) is 10.7. The maximum Gasteiger partial charge on any atom is 0.302 e. The second-order valence-electron chi connectivity index (χ2n) is 14.2. The number of hydrogen-bond donors (Lipinski definition) is 0. The molecule has 40 heavy (non-hydrogen) atoms. The zero-order chi connectivity index (χ0) is 28.2. The maximum atomic E-state index is 12.4. The van der Waals surface area contributed by atoms with Crippen molar-refractivity contribution in [2.75, 3.05) is 0 Å². The molecule has 218 valence electrons. The van der Waals surface area contributed by atoms with Crippen molar-refractivity contribution in [1.29, 1.82) is 0 Å². The Hall–Kier alpha value is -1.95. The average molecular weight is 566 g/mol. The minimum Gasteiger partial charge on any atom is -0.463 e. The lowest BCUT2D eigenvalue weighted by Crippen LogP contribution is -2.59. The fraction of sp³-hybridized carbons (Fsp3) is 0.735. The molecular weight excluding hydrogens is 518 g/mol. The van der Waals surface area contributed by atoms with E-state index in [4.69, 9.17) is 14.5 Å². The van der Waals surface area contributed by atoms with Crippen LogP contribution in [-0.4, -0.2) is 29.1 Å². The predicted molar refractivity (Wildman–Crippen MR) is 159 cm³/mol. The first-order valence-corrected chi connectivity index (χ1v) is 16.6. The number of hydrogen-bond acceptors (Lipinski definition) is 6. The number of fused-ring (bicyclic) bond motifs is 6. The van der Waals surface area contributed by atoms with Crippen LogP contribution in [0.4, 0.5) is 0 Å². The summed E-state index contributed by atoms with van der Waals surface area (Å²) in [6, 6.07) is 8.48. The summed E-state index contributed by atoms with van der Waals surface area (Å²) in [5, 5.41) is 1.27. The van der Waals surface area contributed by atoms with Crippen molar-refractivity contribution in [1.82, 2.24) is 4.98 Å². The van der Waals surface area contributed by atoms with E-state index in [1.807, 2.05) is 11.3 Å². The monoisotopic (exact) mass is 565 g/mol. The van der Waals surface area contributed by atoms with Crippen LogP contribution in [0.5, 0.6) is 0 Å². The number of carbonyl (C=O) groups excluding carboxylic acids is 2. The third-order valence-corrected chi connectivity index (χ3v) is 13.3. The lowest BCUT2D eigenvalue weighted by atomic mass is 9.43. The van der Waals surface area contributed by atoms with Crippen molar-refractivity contribution >= 4 is 33.5 Å². The first-order valence-electron chi connectivity index (χ1n) is 15.8. The van der Waals surface area contributed by atoms with Crippen LogP contribution in [0.2, 0.25) is 0 Å². The van der Waals surface area contributed by atoms with Crippen molar-refractivity contribution in [3.05, 3.63) is 29.3 Å². The van der Waals surface area contributed by atoms with E-state index in [0.717, 1.165) is 37.6 Å². The molecule has 1 aromatic carbocycles. The molecule has 0 amide bonds. The van der Waals surface area contributed by atoms with Gasteiger partial charge in [-0.25, -0.2) is 4.98 Å². The Kier molecular flexibility index (Phi) is 7.55. The van der Waals surface area contributed by atoms with Crippen LogP contribution in [-0.2, 0) is 25.5 Å². The SMILES string of the molecule is CC(=O)O[C@@H]1CC[C@@]2(C)C(C1)C[C@@H](OC(C)=O)[C@H]1[C@@H]3CC[C@H]([C@H](C)CCc4nc5ccccc5s4)[C@@]3(C)CC[C@@H]12. The number of esters is 2. The molecule has 4 fully saturated rings. The Labute approximate surface area is 243 Å². The van der Waals surface area contributed by atoms with Gasteiger partial charge in [-0.3, -0.25) is 9.59 Å². The summed E-state index contributed by atoms with van der Waals surface area (Å²) in [5.74, 6) is 3.08. The third-order valence-electron chi connectivity index (χ3n) is 12.2. The number of aromatic nitrogens is 1. The molecule has 1 unspecified atom stereocenters. The van der Waals surface area contributed by atoms with Crippen molar-refractivity contribution in [3.63, 3.8) is 0 Å². The van der Waals surface area contributed by atoms with E-state index in [2.05, 4.69) is 45.0 Å². The Morgan fingerprint density at radius 2 is 1.70 bits per heavy atom. The summed E-state index contributed by atoms with van der Waals surface area (Å²) in [6.07, 6.45) is 11.2. The van der Waals surface area contributed by atoms with Crippen molar-refractivity contribution in [2.45, 2.75) is 111 Å². The molecule has 4 aliphatic carbocycles. The molecule has 6 heteroatoms. The molecule has 1 heterocycles. The van der Waals surface area contributed by atoms with Crippen LogP contribution in [0.15, 0.2) is 24.3 Å². The highest BCUT2D eigenvalue weighted by Gasteiger charge is 2.64. The third kappa shape index (κ3) is 4.90. The van der Waals surface area contributed by atoms with E-state index in [9.17, 15) is 9.59 Å². The average Bonchev–Trinajstić information content (AvgIpc) is 3.48. The molecule has 2 aromatic rings. The van der Waals surface area contributed by atoms with Gasteiger partial charge >= 0.3 is 11.9 Å². The van der Waals surface area contributed by atoms with Crippen molar-refractivity contribution in [3.8, 4) is 0 Å². The minimum atomic E-state index is -0.179. The van der Waals surface area contributed by atoms with Gasteiger partial charge in [0, 0.05) is 19.8 Å². The van der Waals surface area contributed by atoms with Crippen LogP contribution in [0.1, 0.15) is 97.4 Å². The Balaban J connectivity index is 1.20. The van der Waals surface area contributed by atoms with Gasteiger partial charge in [-0.1, -0.05) is 32.9 Å². The molecule has 0 radical (unpaired) electrons. The molecule has 0 N–H and O–H groups in total. The van der Waals surface area contributed by atoms with Gasteiger partial charge in [0.25, 0.3) is 0 Å². The van der Waals surface area contributed by atoms with Crippen LogP contribution in [0, 0.1) is 46.3 Å². The zero-order valence-corrected chi connectivity index (χ0v) is 25.8. The van der Waals surface area contributed by atoms with Gasteiger partial charge in [0.1, 0.15) is 12.2 Å². The molecule has 0 bridgehead atoms. The molecule has 6 rings (SSSR count). The van der Waals surface area contributed by atoms with Gasteiger partial charge in [0.2, 0.25) is 0 Å². The van der Waals surface area contributed by atoms with Crippen LogP contribution < -0.4 is 0 Å². The molecule has 10 atom stereocenters. The molecule has 0 aliphatic heterocycles. The molecular formula is C34H47NO4S. The summed E-state index contributed by atoms with van der Waals surface area (Å²) in [7, 11) is 0. The topological polar surface area (TPSA) is 65.5 Å². The van der Waals surface area contributed by atoms with E-state index >= 15 is 0 Å². The second-order valence-corrected chi connectivity index (χ2v) is 15.3. The maximum absolute atomic E-state index is 12.4. The Morgan fingerprint density at radius 1 is 0.975 bits per heavy atom. The Bertz CT molecular complexity index is 1220. The molecule has 4 aliphatic rings. The van der Waals surface area contributed by atoms with Crippen LogP contribution in [0.25, 0.3) is 10.2 Å². The minimum absolute atomic E-state index is 0.00565. The quantitative estimate of drug-likeness (QED) is 0.332. The fourth-order valence-electron chi connectivity index (χ4n) is 10.4. The molecule has 5 nitrogen and oxygen atoms in total. The number of aryl methyl sites for hydroxylation is 1. The number of ether oxygens (including phenoxy) is 2. The fourth-order valence-corrected chi connectivity index (χ4v) is 11.4. The molecule has 1 aromatic heterocycles. The van der Waals surface area contributed by atoms with E-state index in [0.29, 0.717) is 40.9 Å². The summed E-state index contributed by atoms with van der Waals surface area (Å²) >= 11 is 1.85. The van der Waals surface area contributed by atoms with Crippen molar-refractivity contribution in [2.24, 2.45) is 46.3 Å². The number of thiazole rings is 1. The van der Waals surface area contributed by atoms with Gasteiger partial charge < -0.3 is 9.47 Å². The first-order chi connectivity index (χ1) is 19.1. The Morgan fingerprint density at radius 3 is 2.45 bits per heavy atom. The van der Waals surface area contributed by atoms with Crippen molar-refractivity contribution < 1.29 is 19.1 Å². The number of carbonyl (C=O) groups is 2. The van der Waals surface area contributed by atoms with Gasteiger partial charge in [-0.05, 0) is 117 Å². The lowest BCUT2D eigenvalue weighted by molar-refractivity contribution is -0.197. The van der Waals surface area contributed by atoms with E-state index in [1.54, 1.807) is 6.92 Å².